The third kappa shape index (κ3) is 2.27. The fourth-order valence-corrected chi connectivity index (χ4v) is 3.68. The lowest BCUT2D eigenvalue weighted by Crippen LogP contribution is -2.14. The maximum atomic E-state index is 11.3. The summed E-state index contributed by atoms with van der Waals surface area (Å²) in [4.78, 5) is 11.3. The molecular weight excluding hydrogens is 246 g/mol. The van der Waals surface area contributed by atoms with Gasteiger partial charge in [0.15, 0.2) is 0 Å². The molecule has 5 heteroatoms. The zero-order chi connectivity index (χ0) is 12.5. The van der Waals surface area contributed by atoms with Crippen LogP contribution >= 0.6 is 11.8 Å². The monoisotopic (exact) mass is 263 g/mol. The molecule has 0 spiro atoms. The highest BCUT2D eigenvalue weighted by Gasteiger charge is 2.20. The van der Waals surface area contributed by atoms with Gasteiger partial charge in [-0.05, 0) is 36.3 Å². The molecule has 1 saturated heterocycles. The number of rotatable bonds is 3. The van der Waals surface area contributed by atoms with Crippen molar-refractivity contribution < 1.29 is 4.79 Å². The van der Waals surface area contributed by atoms with Gasteiger partial charge in [0.25, 0.3) is 0 Å². The molecule has 3 rings (SSSR count). The van der Waals surface area contributed by atoms with E-state index in [0.29, 0.717) is 11.7 Å². The molecule has 1 atom stereocenters. The summed E-state index contributed by atoms with van der Waals surface area (Å²) in [7, 11) is 0. The van der Waals surface area contributed by atoms with Crippen LogP contribution in [-0.4, -0.2) is 23.5 Å². The Morgan fingerprint density at radius 3 is 3.17 bits per heavy atom. The van der Waals surface area contributed by atoms with Crippen LogP contribution in [0.2, 0.25) is 0 Å². The molecule has 1 fully saturated rings. The molecule has 1 aromatic carbocycles. The smallest absolute Gasteiger partial charge is 0.228 e. The van der Waals surface area contributed by atoms with Crippen molar-refractivity contribution >= 4 is 34.7 Å². The zero-order valence-electron chi connectivity index (χ0n) is 10.2. The summed E-state index contributed by atoms with van der Waals surface area (Å²) >= 11 is 2.02. The molecule has 0 saturated carbocycles. The SMILES string of the molecule is Nc1cc2c(cc1NCC1CCCS1)NC(=O)C2. The van der Waals surface area contributed by atoms with Crippen LogP contribution in [0.15, 0.2) is 12.1 Å². The molecule has 0 aliphatic carbocycles. The highest BCUT2D eigenvalue weighted by molar-refractivity contribution is 8.00. The Kier molecular flexibility index (Phi) is 3.07. The minimum absolute atomic E-state index is 0.0490. The molecule has 2 aliphatic rings. The summed E-state index contributed by atoms with van der Waals surface area (Å²) < 4.78 is 0. The molecule has 0 radical (unpaired) electrons. The van der Waals surface area contributed by atoms with Gasteiger partial charge in [0.1, 0.15) is 0 Å². The van der Waals surface area contributed by atoms with Gasteiger partial charge in [-0.15, -0.1) is 0 Å². The number of hydrogen-bond acceptors (Lipinski definition) is 4. The summed E-state index contributed by atoms with van der Waals surface area (Å²) in [6.45, 7) is 0.946. The van der Waals surface area contributed by atoms with Crippen molar-refractivity contribution in [3.05, 3.63) is 17.7 Å². The maximum absolute atomic E-state index is 11.3. The number of thioether (sulfide) groups is 1. The highest BCUT2D eigenvalue weighted by atomic mass is 32.2. The van der Waals surface area contributed by atoms with E-state index in [-0.39, 0.29) is 5.91 Å². The average Bonchev–Trinajstić information content (AvgIpc) is 2.94. The molecule has 2 heterocycles. The van der Waals surface area contributed by atoms with E-state index in [9.17, 15) is 4.79 Å². The molecular formula is C13H17N3OS. The predicted octanol–water partition coefficient (Wildman–Crippen LogP) is 2.07. The first-order chi connectivity index (χ1) is 8.72. The fourth-order valence-electron chi connectivity index (χ4n) is 2.48. The second-order valence-corrected chi connectivity index (χ2v) is 6.25. The third-order valence-corrected chi connectivity index (χ3v) is 4.84. The normalized spacial score (nSPS) is 21.8. The molecule has 18 heavy (non-hydrogen) atoms. The van der Waals surface area contributed by atoms with Crippen molar-refractivity contribution in [3.63, 3.8) is 0 Å². The van der Waals surface area contributed by atoms with Crippen molar-refractivity contribution in [2.75, 3.05) is 28.7 Å². The second-order valence-electron chi connectivity index (χ2n) is 4.84. The van der Waals surface area contributed by atoms with Crippen LogP contribution in [0.3, 0.4) is 0 Å². The molecule has 1 unspecified atom stereocenters. The van der Waals surface area contributed by atoms with E-state index in [4.69, 9.17) is 5.73 Å². The van der Waals surface area contributed by atoms with Gasteiger partial charge in [0.2, 0.25) is 5.91 Å². The summed E-state index contributed by atoms with van der Waals surface area (Å²) in [6.07, 6.45) is 3.03. The Hall–Kier alpha value is -1.36. The number of amides is 1. The second kappa shape index (κ2) is 4.72. The number of hydrogen-bond donors (Lipinski definition) is 3. The first kappa shape index (κ1) is 11.7. The first-order valence-corrected chi connectivity index (χ1v) is 7.35. The minimum atomic E-state index is 0.0490. The quantitative estimate of drug-likeness (QED) is 0.730. The molecule has 2 aliphatic heterocycles. The molecule has 0 bridgehead atoms. The van der Waals surface area contributed by atoms with Gasteiger partial charge in [-0.25, -0.2) is 0 Å². The van der Waals surface area contributed by atoms with E-state index in [0.717, 1.165) is 29.2 Å². The number of carbonyl (C=O) groups excluding carboxylic acids is 1. The van der Waals surface area contributed by atoms with E-state index in [1.165, 1.54) is 18.6 Å². The van der Waals surface area contributed by atoms with Crippen LogP contribution in [-0.2, 0) is 11.2 Å². The van der Waals surface area contributed by atoms with Crippen molar-refractivity contribution in [1.29, 1.82) is 0 Å². The highest BCUT2D eigenvalue weighted by Crippen LogP contribution is 2.32. The lowest BCUT2D eigenvalue weighted by molar-refractivity contribution is -0.115. The molecule has 0 aromatic heterocycles. The van der Waals surface area contributed by atoms with E-state index >= 15 is 0 Å². The van der Waals surface area contributed by atoms with Gasteiger partial charge in [-0.3, -0.25) is 4.79 Å². The van der Waals surface area contributed by atoms with Crippen molar-refractivity contribution in [1.82, 2.24) is 0 Å². The van der Waals surface area contributed by atoms with Gasteiger partial charge in [0.05, 0.1) is 17.8 Å². The van der Waals surface area contributed by atoms with Crippen molar-refractivity contribution in [2.24, 2.45) is 0 Å². The average molecular weight is 263 g/mol. The summed E-state index contributed by atoms with van der Waals surface area (Å²) in [5.41, 5.74) is 9.58. The first-order valence-electron chi connectivity index (χ1n) is 6.30. The van der Waals surface area contributed by atoms with Crippen LogP contribution in [0, 0.1) is 0 Å². The van der Waals surface area contributed by atoms with Gasteiger partial charge in [-0.1, -0.05) is 0 Å². The largest absolute Gasteiger partial charge is 0.397 e. The van der Waals surface area contributed by atoms with Gasteiger partial charge < -0.3 is 16.4 Å². The minimum Gasteiger partial charge on any atom is -0.397 e. The molecule has 1 aromatic rings. The Balaban J connectivity index is 1.72. The Labute approximate surface area is 111 Å². The number of fused-ring (bicyclic) bond motifs is 1. The standard InChI is InChI=1S/C13H17N3OS/c14-10-4-8-5-13(17)16-11(8)6-12(10)15-7-9-2-1-3-18-9/h4,6,9,15H,1-3,5,7,14H2,(H,16,17). The van der Waals surface area contributed by atoms with E-state index < -0.39 is 0 Å². The number of benzene rings is 1. The molecule has 4 N–H and O–H groups in total. The van der Waals surface area contributed by atoms with E-state index in [2.05, 4.69) is 10.6 Å². The topological polar surface area (TPSA) is 67.2 Å². The van der Waals surface area contributed by atoms with Crippen LogP contribution in [0.5, 0.6) is 0 Å². The summed E-state index contributed by atoms with van der Waals surface area (Å²) in [5, 5.41) is 6.94. The number of nitrogens with two attached hydrogens (primary N) is 1. The Morgan fingerprint density at radius 1 is 1.50 bits per heavy atom. The molecule has 96 valence electrons. The number of nitrogens with one attached hydrogen (secondary N) is 2. The number of anilines is 3. The molecule has 4 nitrogen and oxygen atoms in total. The Morgan fingerprint density at radius 2 is 2.39 bits per heavy atom. The molecule has 1 amide bonds. The van der Waals surface area contributed by atoms with Crippen LogP contribution in [0.1, 0.15) is 18.4 Å². The van der Waals surface area contributed by atoms with E-state index in [1.54, 1.807) is 0 Å². The summed E-state index contributed by atoms with van der Waals surface area (Å²) in [6, 6.07) is 3.85. The van der Waals surface area contributed by atoms with Crippen LogP contribution in [0.25, 0.3) is 0 Å². The maximum Gasteiger partial charge on any atom is 0.228 e. The summed E-state index contributed by atoms with van der Waals surface area (Å²) in [5.74, 6) is 1.31. The third-order valence-electron chi connectivity index (χ3n) is 3.44. The zero-order valence-corrected chi connectivity index (χ0v) is 11.0. The fraction of sp³-hybridized carbons (Fsp3) is 0.462. The van der Waals surface area contributed by atoms with Crippen molar-refractivity contribution in [3.8, 4) is 0 Å². The van der Waals surface area contributed by atoms with Gasteiger partial charge >= 0.3 is 0 Å². The van der Waals surface area contributed by atoms with Crippen molar-refractivity contribution in [2.45, 2.75) is 24.5 Å². The Bertz CT molecular complexity index is 483. The van der Waals surface area contributed by atoms with Gasteiger partial charge in [-0.2, -0.15) is 11.8 Å². The van der Waals surface area contributed by atoms with Gasteiger partial charge in [0, 0.05) is 17.5 Å². The van der Waals surface area contributed by atoms with E-state index in [1.807, 2.05) is 23.9 Å². The predicted molar refractivity (Wildman–Crippen MR) is 77.2 cm³/mol. The van der Waals surface area contributed by atoms with Crippen LogP contribution in [0.4, 0.5) is 17.1 Å². The lowest BCUT2D eigenvalue weighted by atomic mass is 10.1. The number of nitrogen functional groups attached to an aromatic ring is 1. The lowest BCUT2D eigenvalue weighted by Gasteiger charge is -2.14. The number of carbonyl (C=O) groups is 1. The van der Waals surface area contributed by atoms with Crippen LogP contribution < -0.4 is 16.4 Å².